The number of aryl methyl sites for hydroxylation is 1. The number of aliphatic hydroxyl groups is 1. The van der Waals surface area contributed by atoms with Crippen molar-refractivity contribution < 1.29 is 29.0 Å². The predicted molar refractivity (Wildman–Crippen MR) is 140 cm³/mol. The standard InChI is InChI=1S/C28H34FN3O5/c1-19(2)27(30,18-33)26(37)28(31,23(34)17-29)24(25(35)36)32(15-8-11-20-9-4-3-5-10-20)16-14-21-12-6-7-13-22(21)32/h3-7,9-10,12-14,16,18-19,23-24,34H,8,11,15,17,30-31H2,1-2H3/p+1/t23?,24?,27-,28?,32?/m0/s1. The lowest BCUT2D eigenvalue weighted by molar-refractivity contribution is -0.156. The van der Waals surface area contributed by atoms with Gasteiger partial charge in [-0.2, -0.15) is 0 Å². The van der Waals surface area contributed by atoms with Crippen molar-refractivity contribution in [1.82, 2.24) is 4.48 Å². The van der Waals surface area contributed by atoms with Crippen LogP contribution in [0.2, 0.25) is 0 Å². The largest absolute Gasteiger partial charge is 0.477 e. The summed E-state index contributed by atoms with van der Waals surface area (Å²) >= 11 is 0. The van der Waals surface area contributed by atoms with E-state index in [1.165, 1.54) is 13.8 Å². The van der Waals surface area contributed by atoms with Crippen LogP contribution in [-0.4, -0.2) is 64.7 Å². The summed E-state index contributed by atoms with van der Waals surface area (Å²) in [5, 5.41) is 21.4. The van der Waals surface area contributed by atoms with E-state index >= 15 is 0 Å². The molecule has 6 N–H and O–H groups in total. The molecule has 0 aliphatic carbocycles. The topological polar surface area (TPSA) is 144 Å². The quantitative estimate of drug-likeness (QED) is 0.183. The van der Waals surface area contributed by atoms with E-state index in [0.717, 1.165) is 5.56 Å². The van der Waals surface area contributed by atoms with Gasteiger partial charge in [0.15, 0.2) is 11.3 Å². The zero-order valence-corrected chi connectivity index (χ0v) is 21.1. The summed E-state index contributed by atoms with van der Waals surface area (Å²) in [6, 6.07) is 14.7. The summed E-state index contributed by atoms with van der Waals surface area (Å²) in [5.41, 5.74) is 9.99. The smallest absolute Gasteiger partial charge is 0.366 e. The lowest BCUT2D eigenvalue weighted by Gasteiger charge is -2.48. The van der Waals surface area contributed by atoms with Gasteiger partial charge in [0.1, 0.15) is 36.5 Å². The number of carboxylic acid groups (broad SMARTS) is 1. The van der Waals surface area contributed by atoms with Crippen molar-refractivity contribution in [3.63, 3.8) is 0 Å². The molecule has 37 heavy (non-hydrogen) atoms. The number of fused-ring (bicyclic) bond motifs is 1. The fraction of sp³-hybridized carbons (Fsp3) is 0.393. The Bertz CT molecular complexity index is 1170. The minimum Gasteiger partial charge on any atom is -0.477 e. The number of halogens is 1. The lowest BCUT2D eigenvalue weighted by Crippen LogP contribution is -2.81. The minimum absolute atomic E-state index is 0.172. The van der Waals surface area contributed by atoms with E-state index in [9.17, 15) is 29.0 Å². The maximum Gasteiger partial charge on any atom is 0.366 e. The number of carbonyl (C=O) groups is 3. The number of nitrogens with zero attached hydrogens (tertiary/aromatic N) is 1. The molecule has 0 spiro atoms. The summed E-state index contributed by atoms with van der Waals surface area (Å²) in [7, 11) is 0. The molecule has 0 saturated carbocycles. The highest BCUT2D eigenvalue weighted by Gasteiger charge is 2.66. The number of aldehydes is 1. The van der Waals surface area contributed by atoms with Crippen LogP contribution in [0.5, 0.6) is 0 Å². The van der Waals surface area contributed by atoms with E-state index in [1.807, 2.05) is 30.3 Å². The Morgan fingerprint density at radius 2 is 1.70 bits per heavy atom. The lowest BCUT2D eigenvalue weighted by atomic mass is 9.69. The first-order valence-electron chi connectivity index (χ1n) is 12.2. The number of hydrogen-bond donors (Lipinski definition) is 4. The zero-order valence-electron chi connectivity index (χ0n) is 21.1. The first kappa shape index (κ1) is 28.3. The summed E-state index contributed by atoms with van der Waals surface area (Å²) in [6.45, 7) is 1.67. The van der Waals surface area contributed by atoms with Crippen molar-refractivity contribution >= 4 is 29.8 Å². The van der Waals surface area contributed by atoms with Gasteiger partial charge in [0.2, 0.25) is 6.04 Å². The van der Waals surface area contributed by atoms with E-state index in [2.05, 4.69) is 0 Å². The van der Waals surface area contributed by atoms with Crippen molar-refractivity contribution in [2.75, 3.05) is 13.2 Å². The van der Waals surface area contributed by atoms with Crippen LogP contribution in [0.15, 0.2) is 60.8 Å². The van der Waals surface area contributed by atoms with E-state index in [0.29, 0.717) is 24.1 Å². The molecule has 0 radical (unpaired) electrons. The molecule has 5 atom stereocenters. The third kappa shape index (κ3) is 4.87. The fourth-order valence-corrected chi connectivity index (χ4v) is 5.23. The summed E-state index contributed by atoms with van der Waals surface area (Å²) in [5.74, 6) is -3.54. The number of alkyl halides is 1. The van der Waals surface area contributed by atoms with Crippen LogP contribution in [0.3, 0.4) is 0 Å². The first-order chi connectivity index (χ1) is 17.5. The van der Waals surface area contributed by atoms with Gasteiger partial charge in [0.05, 0.1) is 6.54 Å². The first-order valence-corrected chi connectivity index (χ1v) is 12.2. The van der Waals surface area contributed by atoms with Gasteiger partial charge in [-0.3, -0.25) is 9.28 Å². The Labute approximate surface area is 216 Å². The van der Waals surface area contributed by atoms with E-state index in [4.69, 9.17) is 11.5 Å². The third-order valence-corrected chi connectivity index (χ3v) is 7.52. The van der Waals surface area contributed by atoms with Crippen LogP contribution >= 0.6 is 0 Å². The number of rotatable bonds is 13. The third-order valence-electron chi connectivity index (χ3n) is 7.52. The molecule has 1 heterocycles. The monoisotopic (exact) mass is 512 g/mol. The zero-order chi connectivity index (χ0) is 27.4. The van der Waals surface area contributed by atoms with Crippen LogP contribution in [-0.2, 0) is 20.8 Å². The Hall–Kier alpha value is -3.24. The van der Waals surface area contributed by atoms with Gasteiger partial charge < -0.3 is 26.5 Å². The van der Waals surface area contributed by atoms with Gasteiger partial charge in [0, 0.05) is 24.1 Å². The van der Waals surface area contributed by atoms with Crippen LogP contribution in [0, 0.1) is 5.92 Å². The highest BCUT2D eigenvalue weighted by atomic mass is 19.1. The number of aliphatic carboxylic acids is 1. The Morgan fingerprint density at radius 1 is 1.08 bits per heavy atom. The van der Waals surface area contributed by atoms with Gasteiger partial charge in [-0.05, 0) is 24.0 Å². The maximum atomic E-state index is 14.1. The molecule has 3 rings (SSSR count). The molecule has 0 aromatic heterocycles. The molecule has 9 heteroatoms. The molecule has 0 amide bonds. The number of aliphatic hydroxyl groups excluding tert-OH is 1. The van der Waals surface area contributed by atoms with Gasteiger partial charge in [-0.1, -0.05) is 56.3 Å². The molecule has 1 aliphatic rings. The van der Waals surface area contributed by atoms with E-state index in [-0.39, 0.29) is 12.8 Å². The minimum atomic E-state index is -2.74. The number of hydrogen-bond acceptors (Lipinski definition) is 6. The molecule has 4 unspecified atom stereocenters. The van der Waals surface area contributed by atoms with E-state index < -0.39 is 52.1 Å². The number of Topliss-reactive ketones (excluding diaryl/α,β-unsaturated/α-hetero) is 1. The Kier molecular flexibility index (Phi) is 8.44. The van der Waals surface area contributed by atoms with Crippen molar-refractivity contribution in [2.24, 2.45) is 17.4 Å². The SMILES string of the molecule is CC(C)[C@@](N)(C=O)C(=O)C(N)(C(O)CF)C(C(=O)O)[N+]1(CCCc2ccccc2)C=Cc2ccccc21. The molecule has 0 bridgehead atoms. The number of carboxylic acids is 1. The number of ketones is 1. The molecular weight excluding hydrogens is 477 g/mol. The Balaban J connectivity index is 2.21. The second-order valence-corrected chi connectivity index (χ2v) is 10.00. The second kappa shape index (κ2) is 11.0. The van der Waals surface area contributed by atoms with Crippen LogP contribution in [0.25, 0.3) is 6.08 Å². The maximum absolute atomic E-state index is 14.1. The number of nitrogens with two attached hydrogens (primary N) is 2. The Morgan fingerprint density at radius 3 is 2.27 bits per heavy atom. The van der Waals surface area contributed by atoms with Gasteiger partial charge in [-0.15, -0.1) is 0 Å². The summed E-state index contributed by atoms with van der Waals surface area (Å²) < 4.78 is 13.7. The number of para-hydroxylation sites is 1. The van der Waals surface area contributed by atoms with Crippen molar-refractivity contribution in [2.45, 2.75) is 49.9 Å². The highest BCUT2D eigenvalue weighted by Crippen LogP contribution is 2.43. The van der Waals surface area contributed by atoms with Crippen molar-refractivity contribution in [1.29, 1.82) is 0 Å². The molecule has 0 saturated heterocycles. The van der Waals surface area contributed by atoms with Gasteiger partial charge >= 0.3 is 5.97 Å². The molecule has 2 aromatic carbocycles. The van der Waals surface area contributed by atoms with Gasteiger partial charge in [-0.25, -0.2) is 9.18 Å². The van der Waals surface area contributed by atoms with Crippen LogP contribution in [0.1, 0.15) is 31.4 Å². The van der Waals surface area contributed by atoms with Crippen LogP contribution < -0.4 is 16.0 Å². The summed E-state index contributed by atoms with van der Waals surface area (Å²) in [6.07, 6.45) is 2.38. The number of carbonyl (C=O) groups excluding carboxylic acids is 2. The molecule has 198 valence electrons. The van der Waals surface area contributed by atoms with Crippen molar-refractivity contribution in [3.8, 4) is 0 Å². The number of quaternary nitrogens is 1. The highest BCUT2D eigenvalue weighted by molar-refractivity contribution is 6.11. The molecular formula is C28H35FN3O5+. The fourth-order valence-electron chi connectivity index (χ4n) is 5.23. The average Bonchev–Trinajstić information content (AvgIpc) is 3.26. The second-order valence-electron chi connectivity index (χ2n) is 10.00. The average molecular weight is 513 g/mol. The summed E-state index contributed by atoms with van der Waals surface area (Å²) in [4.78, 5) is 39.0. The molecule has 1 aliphatic heterocycles. The number of benzene rings is 2. The predicted octanol–water partition coefficient (Wildman–Crippen LogP) is 2.21. The molecule has 8 nitrogen and oxygen atoms in total. The molecule has 0 fully saturated rings. The normalized spacial score (nSPS) is 21.5. The van der Waals surface area contributed by atoms with Crippen LogP contribution in [0.4, 0.5) is 10.1 Å². The van der Waals surface area contributed by atoms with Crippen molar-refractivity contribution in [3.05, 3.63) is 71.9 Å². The molecule has 2 aromatic rings. The van der Waals surface area contributed by atoms with Gasteiger partial charge in [0.25, 0.3) is 0 Å². The van der Waals surface area contributed by atoms with E-state index in [1.54, 1.807) is 36.5 Å².